The highest BCUT2D eigenvalue weighted by molar-refractivity contribution is 5.10. The molecule has 0 radical (unpaired) electrons. The largest absolute Gasteiger partial charge is 0.465 e. The predicted molar refractivity (Wildman–Crippen MR) is 65.2 cm³/mol. The van der Waals surface area contributed by atoms with E-state index in [0.29, 0.717) is 6.54 Å². The van der Waals surface area contributed by atoms with Crippen LogP contribution in [0, 0.1) is 12.8 Å². The summed E-state index contributed by atoms with van der Waals surface area (Å²) in [6, 6.07) is 4.18. The molecule has 0 aliphatic heterocycles. The molecule has 0 spiro atoms. The molecule has 1 aliphatic rings. The number of rotatable bonds is 6. The van der Waals surface area contributed by atoms with Crippen LogP contribution in [0.4, 0.5) is 0 Å². The standard InChI is InChI=1S/C13H22N2O/c1-10-5-6-13(16-10)12(9-14)15-8-7-11-3-2-4-11/h5-6,11-12,15H,2-4,7-9,14H2,1H3. The molecule has 1 saturated carbocycles. The number of furan rings is 1. The Kier molecular flexibility index (Phi) is 4.02. The molecule has 90 valence electrons. The molecule has 1 aromatic rings. The fraction of sp³-hybridized carbons (Fsp3) is 0.692. The second-order valence-corrected chi connectivity index (χ2v) is 4.78. The van der Waals surface area contributed by atoms with Gasteiger partial charge in [0.25, 0.3) is 0 Å². The minimum absolute atomic E-state index is 0.175. The first-order chi connectivity index (χ1) is 7.79. The highest BCUT2D eigenvalue weighted by atomic mass is 16.3. The van der Waals surface area contributed by atoms with Crippen molar-refractivity contribution in [3.63, 3.8) is 0 Å². The molecule has 3 heteroatoms. The molecule has 1 unspecified atom stereocenters. The zero-order chi connectivity index (χ0) is 11.4. The highest BCUT2D eigenvalue weighted by Crippen LogP contribution is 2.29. The zero-order valence-electron chi connectivity index (χ0n) is 10.0. The van der Waals surface area contributed by atoms with Gasteiger partial charge < -0.3 is 15.5 Å². The number of nitrogens with one attached hydrogen (secondary N) is 1. The number of hydrogen-bond acceptors (Lipinski definition) is 3. The van der Waals surface area contributed by atoms with E-state index in [0.717, 1.165) is 24.0 Å². The van der Waals surface area contributed by atoms with Gasteiger partial charge in [-0.1, -0.05) is 19.3 Å². The molecular weight excluding hydrogens is 200 g/mol. The lowest BCUT2D eigenvalue weighted by atomic mass is 9.83. The van der Waals surface area contributed by atoms with Crippen LogP contribution in [0.25, 0.3) is 0 Å². The van der Waals surface area contributed by atoms with Gasteiger partial charge in [0.1, 0.15) is 11.5 Å². The average Bonchev–Trinajstić information content (AvgIpc) is 2.62. The molecule has 1 aliphatic carbocycles. The second-order valence-electron chi connectivity index (χ2n) is 4.78. The van der Waals surface area contributed by atoms with Crippen molar-refractivity contribution in [3.05, 3.63) is 23.7 Å². The van der Waals surface area contributed by atoms with Gasteiger partial charge in [-0.15, -0.1) is 0 Å². The van der Waals surface area contributed by atoms with Crippen molar-refractivity contribution < 1.29 is 4.42 Å². The van der Waals surface area contributed by atoms with Crippen molar-refractivity contribution in [2.45, 2.75) is 38.6 Å². The van der Waals surface area contributed by atoms with Crippen molar-refractivity contribution in [1.29, 1.82) is 0 Å². The molecule has 3 N–H and O–H groups in total. The molecular formula is C13H22N2O. The van der Waals surface area contributed by atoms with Crippen LogP contribution >= 0.6 is 0 Å². The van der Waals surface area contributed by atoms with Crippen LogP contribution in [0.1, 0.15) is 43.2 Å². The topological polar surface area (TPSA) is 51.2 Å². The van der Waals surface area contributed by atoms with E-state index < -0.39 is 0 Å². The van der Waals surface area contributed by atoms with Crippen molar-refractivity contribution in [1.82, 2.24) is 5.32 Å². The Balaban J connectivity index is 1.76. The van der Waals surface area contributed by atoms with Crippen LogP contribution in [0.15, 0.2) is 16.5 Å². The van der Waals surface area contributed by atoms with E-state index in [4.69, 9.17) is 10.2 Å². The Hall–Kier alpha value is -0.800. The van der Waals surface area contributed by atoms with E-state index in [1.165, 1.54) is 25.7 Å². The number of nitrogens with two attached hydrogens (primary N) is 1. The maximum atomic E-state index is 5.75. The van der Waals surface area contributed by atoms with E-state index >= 15 is 0 Å². The van der Waals surface area contributed by atoms with E-state index in [9.17, 15) is 0 Å². The van der Waals surface area contributed by atoms with Gasteiger partial charge in [0.05, 0.1) is 6.04 Å². The molecule has 0 amide bonds. The summed E-state index contributed by atoms with van der Waals surface area (Å²) in [5, 5.41) is 3.48. The van der Waals surface area contributed by atoms with Crippen LogP contribution in [0.3, 0.4) is 0 Å². The normalized spacial score (nSPS) is 18.4. The monoisotopic (exact) mass is 222 g/mol. The first kappa shape index (κ1) is 11.7. The number of aryl methyl sites for hydroxylation is 1. The minimum atomic E-state index is 0.175. The third kappa shape index (κ3) is 2.86. The lowest BCUT2D eigenvalue weighted by molar-refractivity contribution is 0.284. The quantitative estimate of drug-likeness (QED) is 0.777. The fourth-order valence-corrected chi connectivity index (χ4v) is 2.18. The number of hydrogen-bond donors (Lipinski definition) is 2. The van der Waals surface area contributed by atoms with Gasteiger partial charge in [0.2, 0.25) is 0 Å². The average molecular weight is 222 g/mol. The first-order valence-corrected chi connectivity index (χ1v) is 6.29. The summed E-state index contributed by atoms with van der Waals surface area (Å²) < 4.78 is 5.59. The van der Waals surface area contributed by atoms with Gasteiger partial charge >= 0.3 is 0 Å². The van der Waals surface area contributed by atoms with Crippen molar-refractivity contribution >= 4 is 0 Å². The maximum Gasteiger partial charge on any atom is 0.122 e. The predicted octanol–water partition coefficient (Wildman–Crippen LogP) is 2.37. The third-order valence-electron chi connectivity index (χ3n) is 3.51. The van der Waals surface area contributed by atoms with Gasteiger partial charge in [-0.3, -0.25) is 0 Å². The SMILES string of the molecule is Cc1ccc(C(CN)NCCC2CCC2)o1. The Labute approximate surface area is 97.4 Å². The molecule has 3 nitrogen and oxygen atoms in total. The zero-order valence-corrected chi connectivity index (χ0v) is 10.0. The van der Waals surface area contributed by atoms with Gasteiger partial charge in [0, 0.05) is 6.54 Å². The summed E-state index contributed by atoms with van der Waals surface area (Å²) >= 11 is 0. The lowest BCUT2D eigenvalue weighted by Crippen LogP contribution is -2.30. The fourth-order valence-electron chi connectivity index (χ4n) is 2.18. The molecule has 0 aromatic carbocycles. The lowest BCUT2D eigenvalue weighted by Gasteiger charge is -2.26. The Morgan fingerprint density at radius 3 is 2.81 bits per heavy atom. The van der Waals surface area contributed by atoms with E-state index in [2.05, 4.69) is 5.32 Å². The highest BCUT2D eigenvalue weighted by Gasteiger charge is 2.18. The third-order valence-corrected chi connectivity index (χ3v) is 3.51. The summed E-state index contributed by atoms with van der Waals surface area (Å²) in [6.45, 7) is 3.61. The van der Waals surface area contributed by atoms with E-state index in [1.807, 2.05) is 19.1 Å². The van der Waals surface area contributed by atoms with Gasteiger partial charge in [-0.05, 0) is 37.9 Å². The van der Waals surface area contributed by atoms with Crippen LogP contribution in [-0.4, -0.2) is 13.1 Å². The van der Waals surface area contributed by atoms with E-state index in [1.54, 1.807) is 0 Å². The smallest absolute Gasteiger partial charge is 0.122 e. The molecule has 16 heavy (non-hydrogen) atoms. The first-order valence-electron chi connectivity index (χ1n) is 6.29. The van der Waals surface area contributed by atoms with Crippen LogP contribution < -0.4 is 11.1 Å². The summed E-state index contributed by atoms with van der Waals surface area (Å²) in [7, 11) is 0. The van der Waals surface area contributed by atoms with E-state index in [-0.39, 0.29) is 6.04 Å². The molecule has 1 aromatic heterocycles. The molecule has 2 rings (SSSR count). The Bertz CT molecular complexity index is 317. The molecule has 0 bridgehead atoms. The minimum Gasteiger partial charge on any atom is -0.465 e. The van der Waals surface area contributed by atoms with Gasteiger partial charge in [-0.25, -0.2) is 0 Å². The molecule has 0 saturated heterocycles. The van der Waals surface area contributed by atoms with Crippen LogP contribution in [0.5, 0.6) is 0 Å². The van der Waals surface area contributed by atoms with Crippen LogP contribution in [-0.2, 0) is 0 Å². The summed E-state index contributed by atoms with van der Waals surface area (Å²) in [5.74, 6) is 2.87. The summed E-state index contributed by atoms with van der Waals surface area (Å²) in [4.78, 5) is 0. The Morgan fingerprint density at radius 1 is 1.50 bits per heavy atom. The van der Waals surface area contributed by atoms with Crippen molar-refractivity contribution in [2.24, 2.45) is 11.7 Å². The van der Waals surface area contributed by atoms with Crippen LogP contribution in [0.2, 0.25) is 0 Å². The molecule has 1 fully saturated rings. The van der Waals surface area contributed by atoms with Gasteiger partial charge in [-0.2, -0.15) is 0 Å². The maximum absolute atomic E-state index is 5.75. The molecule has 1 heterocycles. The molecule has 1 atom stereocenters. The summed E-state index contributed by atoms with van der Waals surface area (Å²) in [5.41, 5.74) is 5.75. The van der Waals surface area contributed by atoms with Crippen molar-refractivity contribution in [2.75, 3.05) is 13.1 Å². The van der Waals surface area contributed by atoms with Crippen molar-refractivity contribution in [3.8, 4) is 0 Å². The second kappa shape index (κ2) is 5.51. The Morgan fingerprint density at radius 2 is 2.31 bits per heavy atom. The van der Waals surface area contributed by atoms with Gasteiger partial charge in [0.15, 0.2) is 0 Å². The summed E-state index contributed by atoms with van der Waals surface area (Å²) in [6.07, 6.45) is 5.52.